The topological polar surface area (TPSA) is 78.9 Å². The summed E-state index contributed by atoms with van der Waals surface area (Å²) in [6.07, 6.45) is 1.67. The lowest BCUT2D eigenvalue weighted by Gasteiger charge is -2.08. The molecule has 0 unspecified atom stereocenters. The molecule has 0 aliphatic carbocycles. The van der Waals surface area contributed by atoms with Gasteiger partial charge in [0.25, 0.3) is 0 Å². The SMILES string of the molecule is Cc1ccc(OCc2nc(N)c3cnn(C)c3n2)cc1C. The number of anilines is 1. The van der Waals surface area contributed by atoms with Crippen LogP contribution in [0, 0.1) is 13.8 Å². The number of nitrogen functional groups attached to an aromatic ring is 1. The molecule has 1 aromatic carbocycles. The van der Waals surface area contributed by atoms with Crippen molar-refractivity contribution in [2.24, 2.45) is 7.05 Å². The van der Waals surface area contributed by atoms with Crippen LogP contribution in [0.1, 0.15) is 17.0 Å². The molecule has 3 rings (SSSR count). The molecule has 2 aromatic heterocycles. The molecule has 3 aromatic rings. The number of nitrogens with zero attached hydrogens (tertiary/aromatic N) is 4. The molecule has 2 N–H and O–H groups in total. The van der Waals surface area contributed by atoms with Gasteiger partial charge in [0, 0.05) is 7.05 Å². The maximum atomic E-state index is 5.92. The number of nitrogens with two attached hydrogens (primary N) is 1. The van der Waals surface area contributed by atoms with Crippen LogP contribution in [0.25, 0.3) is 11.0 Å². The summed E-state index contributed by atoms with van der Waals surface area (Å²) >= 11 is 0. The van der Waals surface area contributed by atoms with Gasteiger partial charge in [0.1, 0.15) is 18.2 Å². The van der Waals surface area contributed by atoms with E-state index in [1.165, 1.54) is 11.1 Å². The Hall–Kier alpha value is -2.63. The normalized spacial score (nSPS) is 11.0. The minimum Gasteiger partial charge on any atom is -0.486 e. The first kappa shape index (κ1) is 13.4. The van der Waals surface area contributed by atoms with Crippen molar-refractivity contribution < 1.29 is 4.74 Å². The molecule has 0 saturated heterocycles. The fourth-order valence-corrected chi connectivity index (χ4v) is 2.11. The Kier molecular flexibility index (Phi) is 3.21. The summed E-state index contributed by atoms with van der Waals surface area (Å²) in [6, 6.07) is 5.97. The number of rotatable bonds is 3. The van der Waals surface area contributed by atoms with Gasteiger partial charge in [-0.05, 0) is 37.1 Å². The van der Waals surface area contributed by atoms with Gasteiger partial charge in [0.05, 0.1) is 11.6 Å². The Morgan fingerprint density at radius 3 is 2.76 bits per heavy atom. The highest BCUT2D eigenvalue weighted by Crippen LogP contribution is 2.19. The number of fused-ring (bicyclic) bond motifs is 1. The molecule has 0 aliphatic rings. The van der Waals surface area contributed by atoms with Crippen molar-refractivity contribution >= 4 is 16.9 Å². The third-order valence-corrected chi connectivity index (χ3v) is 3.51. The van der Waals surface area contributed by atoms with Crippen molar-refractivity contribution in [2.75, 3.05) is 5.73 Å². The summed E-state index contributed by atoms with van der Waals surface area (Å²) in [6.45, 7) is 4.39. The van der Waals surface area contributed by atoms with E-state index >= 15 is 0 Å². The number of aromatic nitrogens is 4. The van der Waals surface area contributed by atoms with Crippen LogP contribution in [0.3, 0.4) is 0 Å². The van der Waals surface area contributed by atoms with E-state index in [4.69, 9.17) is 10.5 Å². The summed E-state index contributed by atoms with van der Waals surface area (Å²) in [5.41, 5.74) is 9.06. The van der Waals surface area contributed by atoms with Crippen molar-refractivity contribution in [3.05, 3.63) is 41.3 Å². The second-order valence-electron chi connectivity index (χ2n) is 5.07. The lowest BCUT2D eigenvalue weighted by Crippen LogP contribution is -2.06. The molecule has 21 heavy (non-hydrogen) atoms. The number of aryl methyl sites for hydroxylation is 3. The molecule has 0 radical (unpaired) electrons. The average molecular weight is 283 g/mol. The standard InChI is InChI=1S/C15H17N5O/c1-9-4-5-11(6-10(9)2)21-8-13-18-14(16)12-7-17-20(3)15(12)19-13/h4-7H,8H2,1-3H3,(H2,16,18,19). The second kappa shape index (κ2) is 5.05. The highest BCUT2D eigenvalue weighted by molar-refractivity contribution is 5.84. The Morgan fingerprint density at radius 2 is 2.00 bits per heavy atom. The van der Waals surface area contributed by atoms with Gasteiger partial charge in [-0.2, -0.15) is 5.10 Å². The molecular formula is C15H17N5O. The van der Waals surface area contributed by atoms with Crippen LogP contribution in [-0.4, -0.2) is 19.7 Å². The third kappa shape index (κ3) is 2.52. The molecule has 108 valence electrons. The van der Waals surface area contributed by atoms with E-state index in [0.29, 0.717) is 17.3 Å². The Morgan fingerprint density at radius 1 is 1.19 bits per heavy atom. The highest BCUT2D eigenvalue weighted by Gasteiger charge is 2.09. The monoisotopic (exact) mass is 283 g/mol. The molecule has 2 heterocycles. The summed E-state index contributed by atoms with van der Waals surface area (Å²) in [7, 11) is 1.82. The lowest BCUT2D eigenvalue weighted by molar-refractivity contribution is 0.296. The Bertz CT molecular complexity index is 809. The second-order valence-corrected chi connectivity index (χ2v) is 5.07. The number of ether oxygens (including phenoxy) is 1. The molecule has 0 spiro atoms. The van der Waals surface area contributed by atoms with Crippen molar-refractivity contribution in [1.82, 2.24) is 19.7 Å². The Balaban J connectivity index is 1.84. The van der Waals surface area contributed by atoms with E-state index in [2.05, 4.69) is 28.9 Å². The van der Waals surface area contributed by atoms with Crippen LogP contribution in [-0.2, 0) is 13.7 Å². The van der Waals surface area contributed by atoms with E-state index in [1.54, 1.807) is 10.9 Å². The van der Waals surface area contributed by atoms with E-state index < -0.39 is 0 Å². The van der Waals surface area contributed by atoms with Crippen LogP contribution in [0.2, 0.25) is 0 Å². The summed E-state index contributed by atoms with van der Waals surface area (Å²) in [5, 5.41) is 4.89. The van der Waals surface area contributed by atoms with Crippen LogP contribution >= 0.6 is 0 Å². The van der Waals surface area contributed by atoms with E-state index in [1.807, 2.05) is 25.2 Å². The van der Waals surface area contributed by atoms with Crippen molar-refractivity contribution in [3.8, 4) is 5.75 Å². The first-order valence-corrected chi connectivity index (χ1v) is 6.69. The van der Waals surface area contributed by atoms with Crippen molar-refractivity contribution in [2.45, 2.75) is 20.5 Å². The van der Waals surface area contributed by atoms with Gasteiger partial charge < -0.3 is 10.5 Å². The van der Waals surface area contributed by atoms with Gasteiger partial charge in [-0.3, -0.25) is 4.68 Å². The van der Waals surface area contributed by atoms with Crippen LogP contribution < -0.4 is 10.5 Å². The van der Waals surface area contributed by atoms with Crippen LogP contribution in [0.15, 0.2) is 24.4 Å². The first-order valence-electron chi connectivity index (χ1n) is 6.69. The minimum absolute atomic E-state index is 0.272. The molecule has 0 saturated carbocycles. The zero-order valence-electron chi connectivity index (χ0n) is 12.3. The van der Waals surface area contributed by atoms with Gasteiger partial charge in [-0.15, -0.1) is 0 Å². The molecule has 0 atom stereocenters. The van der Waals surface area contributed by atoms with Gasteiger partial charge in [0.15, 0.2) is 11.5 Å². The number of hydrogen-bond acceptors (Lipinski definition) is 5. The first-order chi connectivity index (χ1) is 10.0. The zero-order valence-corrected chi connectivity index (χ0v) is 12.3. The van der Waals surface area contributed by atoms with E-state index in [0.717, 1.165) is 11.1 Å². The summed E-state index contributed by atoms with van der Waals surface area (Å²) < 4.78 is 7.41. The van der Waals surface area contributed by atoms with E-state index in [9.17, 15) is 0 Å². The molecule has 0 amide bonds. The van der Waals surface area contributed by atoms with Crippen molar-refractivity contribution in [3.63, 3.8) is 0 Å². The molecule has 0 bridgehead atoms. The molecule has 6 nitrogen and oxygen atoms in total. The number of hydrogen-bond donors (Lipinski definition) is 1. The minimum atomic E-state index is 0.272. The molecule has 0 aliphatic heterocycles. The van der Waals surface area contributed by atoms with Crippen LogP contribution in [0.5, 0.6) is 5.75 Å². The summed E-state index contributed by atoms with van der Waals surface area (Å²) in [5.74, 6) is 1.76. The van der Waals surface area contributed by atoms with Gasteiger partial charge in [-0.25, -0.2) is 9.97 Å². The zero-order chi connectivity index (χ0) is 15.0. The van der Waals surface area contributed by atoms with Gasteiger partial charge in [-0.1, -0.05) is 6.07 Å². The maximum Gasteiger partial charge on any atom is 0.170 e. The van der Waals surface area contributed by atoms with Gasteiger partial charge in [0.2, 0.25) is 0 Å². The predicted molar refractivity (Wildman–Crippen MR) is 81.0 cm³/mol. The molecule has 6 heteroatoms. The van der Waals surface area contributed by atoms with Crippen LogP contribution in [0.4, 0.5) is 5.82 Å². The molecule has 0 fully saturated rings. The predicted octanol–water partition coefficient (Wildman–Crippen LogP) is 2.14. The average Bonchev–Trinajstić information content (AvgIpc) is 2.83. The fourth-order valence-electron chi connectivity index (χ4n) is 2.11. The van der Waals surface area contributed by atoms with Gasteiger partial charge >= 0.3 is 0 Å². The van der Waals surface area contributed by atoms with E-state index in [-0.39, 0.29) is 6.61 Å². The third-order valence-electron chi connectivity index (χ3n) is 3.51. The maximum absolute atomic E-state index is 5.92. The number of benzene rings is 1. The van der Waals surface area contributed by atoms with Crippen molar-refractivity contribution in [1.29, 1.82) is 0 Å². The quantitative estimate of drug-likeness (QED) is 0.796. The molecular weight excluding hydrogens is 266 g/mol. The smallest absolute Gasteiger partial charge is 0.170 e. The lowest BCUT2D eigenvalue weighted by atomic mass is 10.1. The highest BCUT2D eigenvalue weighted by atomic mass is 16.5. The summed E-state index contributed by atoms with van der Waals surface area (Å²) in [4.78, 5) is 8.69. The largest absolute Gasteiger partial charge is 0.486 e. The fraction of sp³-hybridized carbons (Fsp3) is 0.267. The Labute approximate surface area is 122 Å².